The zero-order chi connectivity index (χ0) is 28.2. The van der Waals surface area contributed by atoms with Crippen molar-refractivity contribution >= 4 is 21.9 Å². The van der Waals surface area contributed by atoms with Crippen LogP contribution in [-0.4, -0.2) is 26.1 Å². The normalized spacial score (nSPS) is 18.6. The Morgan fingerprint density at radius 2 is 1.77 bits per heavy atom. The fraction of sp³-hybridized carbons (Fsp3) is 0.344. The van der Waals surface area contributed by atoms with Gasteiger partial charge in [0.1, 0.15) is 24.6 Å². The lowest BCUT2D eigenvalue weighted by Crippen LogP contribution is -2.29. The van der Waals surface area contributed by atoms with Crippen LogP contribution in [0.4, 0.5) is 5.69 Å². The van der Waals surface area contributed by atoms with Crippen molar-refractivity contribution in [2.75, 3.05) is 18.4 Å². The summed E-state index contributed by atoms with van der Waals surface area (Å²) in [6, 6.07) is 13.4. The molecule has 204 valence electrons. The summed E-state index contributed by atoms with van der Waals surface area (Å²) in [5, 5.41) is 4.57. The molecule has 4 aliphatic rings. The lowest BCUT2D eigenvalue weighted by atomic mass is 9.74. The lowest BCUT2D eigenvalue weighted by Gasteiger charge is -2.31. The van der Waals surface area contributed by atoms with E-state index in [4.69, 9.17) is 4.42 Å². The standard InChI is InChI=1S/C32H36N2O4S/c1-7-34(8-2)23-13-12-22-17-26-29(38-28(22)18-23)16-21(20-31(26,3)4)10-9-11-30-32(5,6)25-19-24(39(35,36)37)14-15-27(25)33-30/h9-19H,7-8,20H2,1-6H3,(H,35,36,37)/p+1. The number of fused-ring (bicyclic) bond motifs is 3. The van der Waals surface area contributed by atoms with Gasteiger partial charge >= 0.3 is 0 Å². The molecule has 0 radical (unpaired) electrons. The highest BCUT2D eigenvalue weighted by molar-refractivity contribution is 7.85. The van der Waals surface area contributed by atoms with Crippen molar-refractivity contribution in [3.8, 4) is 11.3 Å². The van der Waals surface area contributed by atoms with E-state index in [2.05, 4.69) is 74.0 Å². The molecule has 5 rings (SSSR count). The molecule has 0 fully saturated rings. The van der Waals surface area contributed by atoms with E-state index in [1.165, 1.54) is 22.6 Å². The van der Waals surface area contributed by atoms with Crippen molar-refractivity contribution in [1.29, 1.82) is 0 Å². The zero-order valence-electron chi connectivity index (χ0n) is 23.5. The van der Waals surface area contributed by atoms with Gasteiger partial charge in [0.2, 0.25) is 5.36 Å². The van der Waals surface area contributed by atoms with Gasteiger partial charge in [-0.1, -0.05) is 39.8 Å². The SMILES string of the molecule is CC[N+](CC)=c1ccc2cc3c(oc-2c1)C=C(/C=C/C=C1\Nc2ccc(S(=O)(=O)O)cc2C1(C)C)CC3(C)C. The first-order chi connectivity index (χ1) is 18.3. The number of rotatable bonds is 5. The largest absolute Gasteiger partial charge is 0.456 e. The second-order valence-electron chi connectivity index (χ2n) is 11.6. The summed E-state index contributed by atoms with van der Waals surface area (Å²) in [5.74, 6) is 1.78. The molecule has 0 aromatic heterocycles. The van der Waals surface area contributed by atoms with Crippen LogP contribution in [0.15, 0.2) is 81.3 Å². The van der Waals surface area contributed by atoms with Crippen LogP contribution in [0, 0.1) is 0 Å². The van der Waals surface area contributed by atoms with Crippen LogP contribution in [0.1, 0.15) is 64.9 Å². The fourth-order valence-corrected chi connectivity index (χ4v) is 6.27. The van der Waals surface area contributed by atoms with E-state index >= 15 is 0 Å². The van der Waals surface area contributed by atoms with Crippen LogP contribution in [0.3, 0.4) is 0 Å². The lowest BCUT2D eigenvalue weighted by molar-refractivity contribution is 0.465. The van der Waals surface area contributed by atoms with Gasteiger partial charge in [-0.25, -0.2) is 4.58 Å². The first-order valence-corrected chi connectivity index (χ1v) is 14.9. The van der Waals surface area contributed by atoms with Crippen molar-refractivity contribution in [3.63, 3.8) is 0 Å². The summed E-state index contributed by atoms with van der Waals surface area (Å²) in [4.78, 5) is -0.0957. The maximum atomic E-state index is 11.7. The number of anilines is 1. The Balaban J connectivity index is 1.48. The van der Waals surface area contributed by atoms with Gasteiger partial charge in [0.05, 0.1) is 11.0 Å². The molecule has 0 unspecified atom stereocenters. The Morgan fingerprint density at radius 1 is 1.03 bits per heavy atom. The molecule has 1 aromatic carbocycles. The third kappa shape index (κ3) is 5.01. The molecule has 7 heteroatoms. The van der Waals surface area contributed by atoms with Gasteiger partial charge in [0, 0.05) is 34.0 Å². The van der Waals surface area contributed by atoms with E-state index in [9.17, 15) is 13.0 Å². The number of benzene rings is 2. The monoisotopic (exact) mass is 545 g/mol. The quantitative estimate of drug-likeness (QED) is 0.288. The number of nitrogens with zero attached hydrogens (tertiary/aromatic N) is 1. The number of hydrogen-bond donors (Lipinski definition) is 2. The molecular weight excluding hydrogens is 508 g/mol. The molecule has 6 nitrogen and oxygen atoms in total. The fourth-order valence-electron chi connectivity index (χ4n) is 5.76. The molecule has 1 aromatic rings. The van der Waals surface area contributed by atoms with Crippen LogP contribution in [-0.2, 0) is 20.9 Å². The first-order valence-electron chi connectivity index (χ1n) is 13.5. The molecule has 0 saturated heterocycles. The van der Waals surface area contributed by atoms with E-state index in [0.717, 1.165) is 53.5 Å². The van der Waals surface area contributed by atoms with Crippen molar-refractivity contribution in [2.24, 2.45) is 0 Å². The molecule has 2 heterocycles. The average Bonchev–Trinajstić information content (AvgIpc) is 3.12. The van der Waals surface area contributed by atoms with Crippen molar-refractivity contribution in [3.05, 3.63) is 94.2 Å². The molecule has 0 spiro atoms. The molecule has 0 amide bonds. The molecule has 2 aliphatic carbocycles. The minimum absolute atomic E-state index is 0.0839. The van der Waals surface area contributed by atoms with Gasteiger partial charge in [-0.05, 0) is 79.3 Å². The predicted octanol–water partition coefficient (Wildman–Crippen LogP) is 6.35. The van der Waals surface area contributed by atoms with Crippen molar-refractivity contribution in [1.82, 2.24) is 4.58 Å². The minimum atomic E-state index is -4.26. The summed E-state index contributed by atoms with van der Waals surface area (Å²) in [7, 11) is -4.26. The molecule has 0 bridgehead atoms. The summed E-state index contributed by atoms with van der Waals surface area (Å²) >= 11 is 0. The third-order valence-corrected chi connectivity index (χ3v) is 8.93. The molecule has 39 heavy (non-hydrogen) atoms. The summed E-state index contributed by atoms with van der Waals surface area (Å²) in [5.41, 5.74) is 5.61. The van der Waals surface area contributed by atoms with Crippen LogP contribution in [0.25, 0.3) is 17.4 Å². The van der Waals surface area contributed by atoms with Crippen molar-refractivity contribution in [2.45, 2.75) is 63.7 Å². The zero-order valence-corrected chi connectivity index (χ0v) is 24.3. The highest BCUT2D eigenvalue weighted by Crippen LogP contribution is 2.45. The van der Waals surface area contributed by atoms with E-state index in [-0.39, 0.29) is 10.3 Å². The molecular formula is C32H37N2O4S+. The Kier molecular flexibility index (Phi) is 6.72. The predicted molar refractivity (Wildman–Crippen MR) is 157 cm³/mol. The van der Waals surface area contributed by atoms with E-state index < -0.39 is 15.5 Å². The first kappa shape index (κ1) is 27.2. The Morgan fingerprint density at radius 3 is 2.46 bits per heavy atom. The van der Waals surface area contributed by atoms with Gasteiger partial charge in [-0.2, -0.15) is 8.42 Å². The van der Waals surface area contributed by atoms with Crippen molar-refractivity contribution < 1.29 is 17.4 Å². The van der Waals surface area contributed by atoms with Gasteiger partial charge in [0.15, 0.2) is 0 Å². The highest BCUT2D eigenvalue weighted by Gasteiger charge is 2.35. The summed E-state index contributed by atoms with van der Waals surface area (Å²) < 4.78 is 41.6. The number of nitrogens with one attached hydrogen (secondary N) is 1. The van der Waals surface area contributed by atoms with Crippen LogP contribution >= 0.6 is 0 Å². The average molecular weight is 546 g/mol. The Labute approximate surface area is 231 Å². The maximum absolute atomic E-state index is 11.7. The van der Waals surface area contributed by atoms with Gasteiger partial charge < -0.3 is 9.73 Å². The minimum Gasteiger partial charge on any atom is -0.456 e. The van der Waals surface area contributed by atoms with Crippen LogP contribution in [0.2, 0.25) is 0 Å². The third-order valence-electron chi connectivity index (χ3n) is 8.08. The molecule has 0 saturated carbocycles. The number of hydrogen-bond acceptors (Lipinski definition) is 4. The van der Waals surface area contributed by atoms with E-state index in [1.807, 2.05) is 26.0 Å². The number of allylic oxidation sites excluding steroid dienone is 5. The van der Waals surface area contributed by atoms with Gasteiger partial charge in [-0.15, -0.1) is 0 Å². The topological polar surface area (TPSA) is 82.5 Å². The molecule has 0 atom stereocenters. The van der Waals surface area contributed by atoms with E-state index in [1.54, 1.807) is 12.1 Å². The second-order valence-corrected chi connectivity index (χ2v) is 13.0. The summed E-state index contributed by atoms with van der Waals surface area (Å²) in [6.07, 6.45) is 9.21. The summed E-state index contributed by atoms with van der Waals surface area (Å²) in [6.45, 7) is 14.8. The van der Waals surface area contributed by atoms with Gasteiger partial charge in [0.25, 0.3) is 10.1 Å². The maximum Gasteiger partial charge on any atom is 0.294 e. The molecule has 2 N–H and O–H groups in total. The van der Waals surface area contributed by atoms with Crippen LogP contribution < -0.4 is 15.2 Å². The Bertz CT molecular complexity index is 1700. The van der Waals surface area contributed by atoms with Gasteiger partial charge in [-0.3, -0.25) is 4.55 Å². The smallest absolute Gasteiger partial charge is 0.294 e. The van der Waals surface area contributed by atoms with Crippen LogP contribution in [0.5, 0.6) is 0 Å². The van der Waals surface area contributed by atoms with E-state index in [0.29, 0.717) is 0 Å². The second kappa shape index (κ2) is 9.65. The molecule has 2 aliphatic heterocycles. The highest BCUT2D eigenvalue weighted by atomic mass is 32.2. The Hall–Kier alpha value is -3.42.